The highest BCUT2D eigenvalue weighted by molar-refractivity contribution is 6.31. The van der Waals surface area contributed by atoms with Crippen molar-refractivity contribution in [2.24, 2.45) is 5.92 Å². The maximum Gasteiger partial charge on any atom is 0.237 e. The van der Waals surface area contributed by atoms with Crippen LogP contribution in [0.3, 0.4) is 0 Å². The van der Waals surface area contributed by atoms with E-state index in [-0.39, 0.29) is 23.8 Å². The Hall–Kier alpha value is -1.13. The third kappa shape index (κ3) is 3.28. The van der Waals surface area contributed by atoms with E-state index in [4.69, 9.17) is 11.6 Å². The van der Waals surface area contributed by atoms with Gasteiger partial charge in [-0.2, -0.15) is 0 Å². The molecule has 1 heterocycles. The van der Waals surface area contributed by atoms with Crippen LogP contribution in [-0.4, -0.2) is 18.0 Å². The zero-order valence-corrected chi connectivity index (χ0v) is 13.5. The summed E-state index contributed by atoms with van der Waals surface area (Å²) in [5.74, 6) is 0.283. The molecule has 2 N–H and O–H groups in total. The van der Waals surface area contributed by atoms with Crippen molar-refractivity contribution in [1.29, 1.82) is 0 Å². The van der Waals surface area contributed by atoms with Crippen LogP contribution in [0.4, 0.5) is 4.39 Å². The molecule has 2 aliphatic rings. The summed E-state index contributed by atoms with van der Waals surface area (Å²) in [5.41, 5.74) is 0.742. The van der Waals surface area contributed by atoms with Crippen molar-refractivity contribution in [3.63, 3.8) is 0 Å². The maximum atomic E-state index is 13.1. The number of hydrogen-bond acceptors (Lipinski definition) is 2. The van der Waals surface area contributed by atoms with Crippen molar-refractivity contribution in [1.82, 2.24) is 10.6 Å². The van der Waals surface area contributed by atoms with E-state index in [1.54, 1.807) is 6.07 Å². The molecule has 1 aliphatic heterocycles. The highest BCUT2D eigenvalue weighted by atomic mass is 35.5. The third-order valence-corrected chi connectivity index (χ3v) is 5.29. The van der Waals surface area contributed by atoms with Gasteiger partial charge in [-0.25, -0.2) is 4.39 Å². The van der Waals surface area contributed by atoms with E-state index in [2.05, 4.69) is 10.6 Å². The van der Waals surface area contributed by atoms with Gasteiger partial charge in [-0.05, 0) is 49.8 Å². The van der Waals surface area contributed by atoms with E-state index < -0.39 is 0 Å². The average Bonchev–Trinajstić information content (AvgIpc) is 2.91. The van der Waals surface area contributed by atoms with Crippen LogP contribution in [0.25, 0.3) is 0 Å². The van der Waals surface area contributed by atoms with Crippen LogP contribution < -0.4 is 10.6 Å². The van der Waals surface area contributed by atoms with E-state index in [0.717, 1.165) is 12.0 Å². The molecule has 1 saturated carbocycles. The fraction of sp³-hybridized carbons (Fsp3) is 0.588. The molecule has 0 bridgehead atoms. The van der Waals surface area contributed by atoms with E-state index in [0.29, 0.717) is 17.0 Å². The summed E-state index contributed by atoms with van der Waals surface area (Å²) in [7, 11) is 0. The summed E-state index contributed by atoms with van der Waals surface area (Å²) < 4.78 is 13.1. The first-order valence-corrected chi connectivity index (χ1v) is 8.44. The molecule has 2 fully saturated rings. The molecular formula is C17H22ClFN2O. The van der Waals surface area contributed by atoms with Crippen molar-refractivity contribution in [3.8, 4) is 0 Å². The molecule has 3 rings (SSSR count). The minimum absolute atomic E-state index is 0.0160. The van der Waals surface area contributed by atoms with Crippen LogP contribution in [0.15, 0.2) is 18.2 Å². The van der Waals surface area contributed by atoms with Gasteiger partial charge >= 0.3 is 0 Å². The minimum Gasteiger partial charge on any atom is -0.348 e. The molecular weight excluding hydrogens is 303 g/mol. The van der Waals surface area contributed by atoms with E-state index >= 15 is 0 Å². The predicted octanol–water partition coefficient (Wildman–Crippen LogP) is 3.58. The van der Waals surface area contributed by atoms with Gasteiger partial charge in [0.05, 0.1) is 12.1 Å². The number of carbonyl (C=O) groups is 1. The molecule has 0 radical (unpaired) electrons. The van der Waals surface area contributed by atoms with Crippen molar-refractivity contribution in [2.75, 3.05) is 0 Å². The molecule has 0 aromatic heterocycles. The topological polar surface area (TPSA) is 41.1 Å². The second-order valence-electron chi connectivity index (χ2n) is 6.50. The van der Waals surface area contributed by atoms with Crippen molar-refractivity contribution >= 4 is 17.5 Å². The normalized spacial score (nSPS) is 29.0. The highest BCUT2D eigenvalue weighted by Crippen LogP contribution is 2.33. The van der Waals surface area contributed by atoms with Gasteiger partial charge < -0.3 is 10.6 Å². The molecule has 1 aliphatic carbocycles. The lowest BCUT2D eigenvalue weighted by molar-refractivity contribution is -0.123. The SMILES string of the molecule is CC(NC(=O)C1CC2CCCCC2N1)c1ccc(F)cc1Cl. The summed E-state index contributed by atoms with van der Waals surface area (Å²) in [6.07, 6.45) is 5.85. The lowest BCUT2D eigenvalue weighted by Gasteiger charge is -2.24. The lowest BCUT2D eigenvalue weighted by atomic mass is 9.85. The Labute approximate surface area is 135 Å². The monoisotopic (exact) mass is 324 g/mol. The van der Waals surface area contributed by atoms with Gasteiger partial charge in [0, 0.05) is 11.1 Å². The minimum atomic E-state index is -0.367. The van der Waals surface area contributed by atoms with Gasteiger partial charge in [-0.15, -0.1) is 0 Å². The summed E-state index contributed by atoms with van der Waals surface area (Å²) in [4.78, 5) is 12.5. The van der Waals surface area contributed by atoms with E-state index in [9.17, 15) is 9.18 Å². The van der Waals surface area contributed by atoms with Crippen molar-refractivity contribution in [3.05, 3.63) is 34.6 Å². The van der Waals surface area contributed by atoms with Crippen LogP contribution in [0.2, 0.25) is 5.02 Å². The quantitative estimate of drug-likeness (QED) is 0.892. The number of amides is 1. The summed E-state index contributed by atoms with van der Waals surface area (Å²) >= 11 is 6.06. The Morgan fingerprint density at radius 2 is 2.18 bits per heavy atom. The maximum absolute atomic E-state index is 13.1. The number of nitrogens with one attached hydrogen (secondary N) is 2. The number of carbonyl (C=O) groups excluding carboxylic acids is 1. The van der Waals surface area contributed by atoms with Gasteiger partial charge in [0.25, 0.3) is 0 Å². The Morgan fingerprint density at radius 3 is 2.91 bits per heavy atom. The molecule has 0 spiro atoms. The first-order chi connectivity index (χ1) is 10.5. The number of benzene rings is 1. The molecule has 4 unspecified atom stereocenters. The Kier molecular flexibility index (Phi) is 4.69. The molecule has 120 valence electrons. The van der Waals surface area contributed by atoms with Gasteiger partial charge in [0.15, 0.2) is 0 Å². The second-order valence-corrected chi connectivity index (χ2v) is 6.91. The Bertz CT molecular complexity index is 552. The predicted molar refractivity (Wildman–Crippen MR) is 85.3 cm³/mol. The van der Waals surface area contributed by atoms with Crippen LogP contribution >= 0.6 is 11.6 Å². The first kappa shape index (κ1) is 15.8. The number of fused-ring (bicyclic) bond motifs is 1. The van der Waals surface area contributed by atoms with Gasteiger partial charge in [-0.3, -0.25) is 4.79 Å². The number of hydrogen-bond donors (Lipinski definition) is 2. The molecule has 22 heavy (non-hydrogen) atoms. The first-order valence-electron chi connectivity index (χ1n) is 8.06. The van der Waals surface area contributed by atoms with Crippen LogP contribution in [-0.2, 0) is 4.79 Å². The van der Waals surface area contributed by atoms with Crippen LogP contribution in [0.1, 0.15) is 50.6 Å². The van der Waals surface area contributed by atoms with E-state index in [1.165, 1.54) is 37.8 Å². The smallest absolute Gasteiger partial charge is 0.237 e. The van der Waals surface area contributed by atoms with Crippen LogP contribution in [0, 0.1) is 11.7 Å². The molecule has 5 heteroatoms. The standard InChI is InChI=1S/C17H22ClFN2O/c1-10(13-7-6-12(19)9-14(13)18)20-17(22)16-8-11-4-2-3-5-15(11)21-16/h6-7,9-11,15-16,21H,2-5,8H2,1H3,(H,20,22). The van der Waals surface area contributed by atoms with Gasteiger partial charge in [-0.1, -0.05) is 30.5 Å². The van der Waals surface area contributed by atoms with E-state index in [1.807, 2.05) is 6.92 Å². The largest absolute Gasteiger partial charge is 0.348 e. The fourth-order valence-electron chi connectivity index (χ4n) is 3.77. The Balaban J connectivity index is 1.61. The zero-order valence-electron chi connectivity index (χ0n) is 12.7. The number of rotatable bonds is 3. The average molecular weight is 325 g/mol. The molecule has 3 nitrogen and oxygen atoms in total. The molecule has 1 aromatic carbocycles. The fourth-order valence-corrected chi connectivity index (χ4v) is 4.10. The summed E-state index contributed by atoms with van der Waals surface area (Å²) in [6.45, 7) is 1.87. The Morgan fingerprint density at radius 1 is 1.41 bits per heavy atom. The molecule has 1 aromatic rings. The zero-order chi connectivity index (χ0) is 15.7. The number of halogens is 2. The van der Waals surface area contributed by atoms with Crippen molar-refractivity contribution < 1.29 is 9.18 Å². The second kappa shape index (κ2) is 6.55. The summed E-state index contributed by atoms with van der Waals surface area (Å²) in [5, 5.41) is 6.82. The van der Waals surface area contributed by atoms with Crippen molar-refractivity contribution in [2.45, 2.75) is 57.2 Å². The molecule has 4 atom stereocenters. The molecule has 1 amide bonds. The van der Waals surface area contributed by atoms with Gasteiger partial charge in [0.1, 0.15) is 5.82 Å². The van der Waals surface area contributed by atoms with Gasteiger partial charge in [0.2, 0.25) is 5.91 Å². The lowest BCUT2D eigenvalue weighted by Crippen LogP contribution is -2.43. The highest BCUT2D eigenvalue weighted by Gasteiger charge is 2.38. The molecule has 1 saturated heterocycles. The summed E-state index contributed by atoms with van der Waals surface area (Å²) in [6, 6.07) is 4.42. The third-order valence-electron chi connectivity index (χ3n) is 4.97. The van der Waals surface area contributed by atoms with Crippen LogP contribution in [0.5, 0.6) is 0 Å².